The number of hydrogen-bond acceptors (Lipinski definition) is 5. The van der Waals surface area contributed by atoms with E-state index in [4.69, 9.17) is 5.73 Å². The van der Waals surface area contributed by atoms with Gasteiger partial charge in [0.1, 0.15) is 12.1 Å². The summed E-state index contributed by atoms with van der Waals surface area (Å²) in [6.45, 7) is 4.31. The number of hydrogen-bond donors (Lipinski definition) is 3. The summed E-state index contributed by atoms with van der Waals surface area (Å²) in [5.74, 6) is 0.780. The molecule has 1 unspecified atom stereocenters. The second kappa shape index (κ2) is 5.40. The average Bonchev–Trinajstić information content (AvgIpc) is 2.39. The van der Waals surface area contributed by atoms with Crippen molar-refractivity contribution in [3.63, 3.8) is 0 Å². The molecule has 4 N–H and O–H groups in total. The van der Waals surface area contributed by atoms with E-state index in [9.17, 15) is 5.11 Å². The van der Waals surface area contributed by atoms with E-state index in [0.717, 1.165) is 23.1 Å². The van der Waals surface area contributed by atoms with Gasteiger partial charge in [-0.05, 0) is 38.0 Å². The van der Waals surface area contributed by atoms with Crippen molar-refractivity contribution in [1.82, 2.24) is 9.97 Å². The Labute approximate surface area is 112 Å². The molecule has 102 valence electrons. The first-order valence-electron chi connectivity index (χ1n) is 6.47. The minimum atomic E-state index is -0.183. The summed E-state index contributed by atoms with van der Waals surface area (Å²) in [6, 6.07) is 5.59. The van der Waals surface area contributed by atoms with Crippen LogP contribution in [0.25, 0.3) is 10.9 Å². The summed E-state index contributed by atoms with van der Waals surface area (Å²) in [6.07, 6.45) is 3.09. The molecule has 0 fully saturated rings. The summed E-state index contributed by atoms with van der Waals surface area (Å²) in [5.41, 5.74) is 7.08. The van der Waals surface area contributed by atoms with Crippen molar-refractivity contribution in [2.75, 3.05) is 17.7 Å². The molecule has 0 bridgehead atoms. The van der Waals surface area contributed by atoms with Crippen LogP contribution < -0.4 is 11.1 Å². The molecule has 0 aliphatic rings. The average molecular weight is 260 g/mol. The Hall–Kier alpha value is -1.88. The van der Waals surface area contributed by atoms with E-state index in [1.165, 1.54) is 6.33 Å². The molecule has 2 rings (SSSR count). The Morgan fingerprint density at radius 2 is 2.16 bits per heavy atom. The zero-order valence-corrected chi connectivity index (χ0v) is 11.3. The Balaban J connectivity index is 2.40. The van der Waals surface area contributed by atoms with Crippen molar-refractivity contribution in [3.05, 3.63) is 24.5 Å². The van der Waals surface area contributed by atoms with Crippen LogP contribution in [0.2, 0.25) is 0 Å². The lowest BCUT2D eigenvalue weighted by atomic mass is 9.94. The lowest BCUT2D eigenvalue weighted by Gasteiger charge is -2.30. The second-order valence-corrected chi connectivity index (χ2v) is 5.01. The molecule has 5 nitrogen and oxygen atoms in total. The molecule has 0 saturated heterocycles. The fourth-order valence-electron chi connectivity index (χ4n) is 2.03. The van der Waals surface area contributed by atoms with Crippen molar-refractivity contribution in [2.24, 2.45) is 0 Å². The topological polar surface area (TPSA) is 84.1 Å². The summed E-state index contributed by atoms with van der Waals surface area (Å²) >= 11 is 0. The number of nitrogens with two attached hydrogens (primary N) is 1. The van der Waals surface area contributed by atoms with Crippen LogP contribution >= 0.6 is 0 Å². The Morgan fingerprint density at radius 3 is 2.84 bits per heavy atom. The first-order chi connectivity index (χ1) is 9.08. The fraction of sp³-hybridized carbons (Fsp3) is 0.429. The highest BCUT2D eigenvalue weighted by atomic mass is 16.3. The van der Waals surface area contributed by atoms with Crippen LogP contribution in [-0.2, 0) is 0 Å². The van der Waals surface area contributed by atoms with Gasteiger partial charge in [-0.25, -0.2) is 9.97 Å². The van der Waals surface area contributed by atoms with Crippen LogP contribution in [0.15, 0.2) is 24.5 Å². The number of aromatic nitrogens is 2. The molecule has 0 amide bonds. The summed E-state index contributed by atoms with van der Waals surface area (Å²) < 4.78 is 0. The van der Waals surface area contributed by atoms with Gasteiger partial charge >= 0.3 is 0 Å². The molecular weight excluding hydrogens is 240 g/mol. The van der Waals surface area contributed by atoms with Crippen molar-refractivity contribution in [3.8, 4) is 0 Å². The first kappa shape index (κ1) is 13.5. The van der Waals surface area contributed by atoms with Crippen LogP contribution in [0.3, 0.4) is 0 Å². The predicted molar refractivity (Wildman–Crippen MR) is 78.0 cm³/mol. The molecular formula is C14H20N4O. The molecule has 5 heteroatoms. The van der Waals surface area contributed by atoms with E-state index in [-0.39, 0.29) is 12.1 Å². The van der Waals surface area contributed by atoms with Gasteiger partial charge < -0.3 is 16.2 Å². The molecule has 0 aliphatic heterocycles. The summed E-state index contributed by atoms with van der Waals surface area (Å²) in [5, 5.41) is 13.5. The number of nitrogens with zero attached hydrogens (tertiary/aromatic N) is 2. The number of aliphatic hydroxyl groups is 1. The van der Waals surface area contributed by atoms with Gasteiger partial charge in [0.15, 0.2) is 0 Å². The van der Waals surface area contributed by atoms with Crippen molar-refractivity contribution in [2.45, 2.75) is 32.2 Å². The molecule has 0 aliphatic carbocycles. The predicted octanol–water partition coefficient (Wildman–Crippen LogP) is 2.17. The number of benzene rings is 1. The molecule has 0 radical (unpaired) electrons. The maximum Gasteiger partial charge on any atom is 0.137 e. The molecule has 2 aromatic rings. The zero-order chi connectivity index (χ0) is 13.9. The van der Waals surface area contributed by atoms with E-state index >= 15 is 0 Å². The van der Waals surface area contributed by atoms with Gasteiger partial charge in [-0.2, -0.15) is 0 Å². The standard InChI is InChI=1S/C14H20N4O/c1-3-14(2,6-7-19)18-13-11-5-4-10(15)8-12(11)16-9-17-13/h4-5,8-9,19H,3,6-7,15H2,1-2H3,(H,16,17,18). The first-order valence-corrected chi connectivity index (χ1v) is 6.47. The van der Waals surface area contributed by atoms with E-state index in [1.54, 1.807) is 0 Å². The van der Waals surface area contributed by atoms with Crippen LogP contribution in [0.5, 0.6) is 0 Å². The maximum absolute atomic E-state index is 9.17. The number of fused-ring (bicyclic) bond motifs is 1. The number of nitrogens with one attached hydrogen (secondary N) is 1. The molecule has 0 spiro atoms. The SMILES string of the molecule is CCC(C)(CCO)Nc1ncnc2cc(N)ccc12. The quantitative estimate of drug-likeness (QED) is 0.717. The van der Waals surface area contributed by atoms with Gasteiger partial charge in [-0.3, -0.25) is 0 Å². The van der Waals surface area contributed by atoms with Gasteiger partial charge in [0.05, 0.1) is 5.52 Å². The van der Waals surface area contributed by atoms with Gasteiger partial charge in [-0.1, -0.05) is 6.92 Å². The van der Waals surface area contributed by atoms with Crippen LogP contribution in [0, 0.1) is 0 Å². The van der Waals surface area contributed by atoms with Gasteiger partial charge in [0.2, 0.25) is 0 Å². The minimum Gasteiger partial charge on any atom is -0.399 e. The monoisotopic (exact) mass is 260 g/mol. The molecule has 0 saturated carbocycles. The molecule has 1 aromatic carbocycles. The van der Waals surface area contributed by atoms with E-state index in [0.29, 0.717) is 12.1 Å². The lowest BCUT2D eigenvalue weighted by molar-refractivity contribution is 0.252. The number of anilines is 2. The second-order valence-electron chi connectivity index (χ2n) is 5.01. The Bertz CT molecular complexity index is 572. The van der Waals surface area contributed by atoms with Gasteiger partial charge in [-0.15, -0.1) is 0 Å². The lowest BCUT2D eigenvalue weighted by Crippen LogP contribution is -2.35. The van der Waals surface area contributed by atoms with Crippen molar-refractivity contribution >= 4 is 22.4 Å². The summed E-state index contributed by atoms with van der Waals surface area (Å²) in [4.78, 5) is 8.53. The van der Waals surface area contributed by atoms with Gasteiger partial charge in [0, 0.05) is 23.2 Å². The molecule has 19 heavy (non-hydrogen) atoms. The zero-order valence-electron chi connectivity index (χ0n) is 11.3. The van der Waals surface area contributed by atoms with Crippen LogP contribution in [0.4, 0.5) is 11.5 Å². The Morgan fingerprint density at radius 1 is 1.37 bits per heavy atom. The van der Waals surface area contributed by atoms with Crippen LogP contribution in [-0.4, -0.2) is 27.2 Å². The minimum absolute atomic E-state index is 0.146. The highest BCUT2D eigenvalue weighted by Gasteiger charge is 2.22. The van der Waals surface area contributed by atoms with Crippen molar-refractivity contribution in [1.29, 1.82) is 0 Å². The number of rotatable bonds is 5. The van der Waals surface area contributed by atoms with Gasteiger partial charge in [0.25, 0.3) is 0 Å². The molecule has 1 aromatic heterocycles. The third-order valence-electron chi connectivity index (χ3n) is 3.52. The van der Waals surface area contributed by atoms with Crippen molar-refractivity contribution < 1.29 is 5.11 Å². The maximum atomic E-state index is 9.17. The summed E-state index contributed by atoms with van der Waals surface area (Å²) in [7, 11) is 0. The number of nitrogen functional groups attached to an aromatic ring is 1. The normalized spacial score (nSPS) is 14.3. The highest BCUT2D eigenvalue weighted by molar-refractivity contribution is 5.90. The number of aliphatic hydroxyl groups excluding tert-OH is 1. The van der Waals surface area contributed by atoms with E-state index in [2.05, 4.69) is 29.1 Å². The van der Waals surface area contributed by atoms with Crippen LogP contribution in [0.1, 0.15) is 26.7 Å². The fourth-order valence-corrected chi connectivity index (χ4v) is 2.03. The molecule has 1 atom stereocenters. The smallest absolute Gasteiger partial charge is 0.137 e. The van der Waals surface area contributed by atoms with E-state index in [1.807, 2.05) is 18.2 Å². The highest BCUT2D eigenvalue weighted by Crippen LogP contribution is 2.26. The third-order valence-corrected chi connectivity index (χ3v) is 3.52. The molecule has 1 heterocycles. The largest absolute Gasteiger partial charge is 0.399 e. The van der Waals surface area contributed by atoms with E-state index < -0.39 is 0 Å². The Kier molecular flexibility index (Phi) is 3.85. The third kappa shape index (κ3) is 2.93.